The highest BCUT2D eigenvalue weighted by molar-refractivity contribution is 5.97. The van der Waals surface area contributed by atoms with Crippen molar-refractivity contribution in [2.75, 3.05) is 0 Å². The number of benzene rings is 2. The number of carboxylic acids is 1. The summed E-state index contributed by atoms with van der Waals surface area (Å²) in [5.74, 6) is -1.79. The molecule has 0 spiro atoms. The van der Waals surface area contributed by atoms with Crippen LogP contribution in [0.1, 0.15) is 74.1 Å². The number of rotatable bonds is 5. The fourth-order valence-electron chi connectivity index (χ4n) is 5.12. The van der Waals surface area contributed by atoms with E-state index in [1.807, 2.05) is 39.8 Å². The number of halogens is 2. The third kappa shape index (κ3) is 4.26. The molecule has 0 bridgehead atoms. The summed E-state index contributed by atoms with van der Waals surface area (Å²) in [7, 11) is 0. The quantitative estimate of drug-likeness (QED) is 0.508. The minimum Gasteiger partial charge on any atom is -0.545 e. The van der Waals surface area contributed by atoms with E-state index in [0.29, 0.717) is 17.7 Å². The predicted octanol–water partition coefficient (Wildman–Crippen LogP) is 4.42. The summed E-state index contributed by atoms with van der Waals surface area (Å²) >= 11 is 0. The lowest BCUT2D eigenvalue weighted by Gasteiger charge is -2.29. The molecule has 2 aliphatic rings. The van der Waals surface area contributed by atoms with E-state index in [-0.39, 0.29) is 34.6 Å². The minimum atomic E-state index is -3.16. The Morgan fingerprint density at radius 3 is 2.43 bits per heavy atom. The number of ether oxygens (including phenoxy) is 1. The lowest BCUT2D eigenvalue weighted by atomic mass is 9.94. The topological polar surface area (TPSA) is 91.7 Å². The smallest absolute Gasteiger partial charge is 0.387 e. The lowest BCUT2D eigenvalue weighted by Crippen LogP contribution is -2.37. The van der Waals surface area contributed by atoms with Crippen molar-refractivity contribution in [3.05, 3.63) is 63.4 Å². The molecule has 0 unspecified atom stereocenters. The highest BCUT2D eigenvalue weighted by atomic mass is 19.3. The number of nitrogens with zero attached hydrogens (tertiary/aromatic N) is 2. The van der Waals surface area contributed by atoms with Gasteiger partial charge in [-0.3, -0.25) is 9.59 Å². The average Bonchev–Trinajstić information content (AvgIpc) is 3.61. The predicted molar refractivity (Wildman–Crippen MR) is 131 cm³/mol. The maximum Gasteiger partial charge on any atom is 0.387 e. The highest BCUT2D eigenvalue weighted by Crippen LogP contribution is 2.44. The van der Waals surface area contributed by atoms with Gasteiger partial charge in [-0.15, -0.1) is 0 Å². The molecule has 0 saturated heterocycles. The molecule has 2 aromatic carbocycles. The summed E-state index contributed by atoms with van der Waals surface area (Å²) in [5, 5.41) is 11.6. The molecule has 1 fully saturated rings. The normalized spacial score (nSPS) is 17.4. The Bertz CT molecular complexity index is 1500. The Morgan fingerprint density at radius 2 is 1.84 bits per heavy atom. The standard InChI is InChI=1S/C28H28F2N2O5/c1-14-18-8-5-15(11-16(18)12-31(14)26(36)28(2,3)4)19-9-10-20-22(24(19)37-27(29)30)32(17-6-7-17)13-21(23(20)33)25(34)35/h5,8-11,13-14,17,27H,6-7,12H2,1-4H3,(H,34,35)/p-1/t14-/m1/s1. The molecule has 194 valence electrons. The van der Waals surface area contributed by atoms with Crippen LogP contribution in [0.3, 0.4) is 0 Å². The number of pyridine rings is 1. The molecular weight excluding hydrogens is 482 g/mol. The van der Waals surface area contributed by atoms with Gasteiger partial charge in [-0.2, -0.15) is 8.78 Å². The first-order chi connectivity index (χ1) is 17.4. The number of alkyl halides is 2. The van der Waals surface area contributed by atoms with E-state index in [0.717, 1.165) is 24.0 Å². The van der Waals surface area contributed by atoms with Crippen molar-refractivity contribution in [3.8, 4) is 16.9 Å². The van der Waals surface area contributed by atoms with E-state index >= 15 is 0 Å². The van der Waals surface area contributed by atoms with Gasteiger partial charge in [0.2, 0.25) is 5.91 Å². The second-order valence-electron chi connectivity index (χ2n) is 10.8. The molecule has 1 amide bonds. The van der Waals surface area contributed by atoms with Crippen molar-refractivity contribution in [2.45, 2.75) is 65.8 Å². The van der Waals surface area contributed by atoms with Crippen LogP contribution in [0.2, 0.25) is 0 Å². The van der Waals surface area contributed by atoms with Crippen LogP contribution in [0.5, 0.6) is 5.75 Å². The number of hydrogen-bond acceptors (Lipinski definition) is 5. The van der Waals surface area contributed by atoms with Crippen molar-refractivity contribution in [1.82, 2.24) is 9.47 Å². The van der Waals surface area contributed by atoms with E-state index in [1.165, 1.54) is 18.3 Å². The van der Waals surface area contributed by atoms with Gasteiger partial charge in [-0.1, -0.05) is 32.9 Å². The van der Waals surface area contributed by atoms with Crippen LogP contribution in [0.15, 0.2) is 41.3 Å². The molecule has 7 nitrogen and oxygen atoms in total. The van der Waals surface area contributed by atoms with Crippen molar-refractivity contribution in [3.63, 3.8) is 0 Å². The van der Waals surface area contributed by atoms with Gasteiger partial charge in [0.15, 0.2) is 11.2 Å². The molecule has 1 aliphatic carbocycles. The molecule has 1 aromatic heterocycles. The van der Waals surface area contributed by atoms with Gasteiger partial charge in [0.25, 0.3) is 0 Å². The van der Waals surface area contributed by atoms with Gasteiger partial charge < -0.3 is 24.1 Å². The van der Waals surface area contributed by atoms with Crippen molar-refractivity contribution in [2.24, 2.45) is 5.41 Å². The number of amides is 1. The van der Waals surface area contributed by atoms with Crippen LogP contribution < -0.4 is 15.3 Å². The summed E-state index contributed by atoms with van der Waals surface area (Å²) in [5.41, 5.74) is 1.07. The van der Waals surface area contributed by atoms with E-state index in [4.69, 9.17) is 4.74 Å². The van der Waals surface area contributed by atoms with Crippen LogP contribution in [0.25, 0.3) is 22.0 Å². The summed E-state index contributed by atoms with van der Waals surface area (Å²) in [6.45, 7) is 4.78. The fraction of sp³-hybridized carbons (Fsp3) is 0.393. The lowest BCUT2D eigenvalue weighted by molar-refractivity contribution is -0.255. The number of fused-ring (bicyclic) bond motifs is 2. The SMILES string of the molecule is C[C@@H]1c2ccc(-c3ccc4c(=O)c(C(=O)[O-])cn(C5CC5)c4c3OC(F)F)cc2CN1C(=O)C(C)(C)C. The van der Waals surface area contributed by atoms with Crippen molar-refractivity contribution in [1.29, 1.82) is 0 Å². The zero-order valence-electron chi connectivity index (χ0n) is 21.0. The molecule has 1 aliphatic heterocycles. The summed E-state index contributed by atoms with van der Waals surface area (Å²) in [6.07, 6.45) is 2.61. The van der Waals surface area contributed by atoms with E-state index in [1.54, 1.807) is 15.5 Å². The number of hydrogen-bond donors (Lipinski definition) is 0. The summed E-state index contributed by atoms with van der Waals surface area (Å²) < 4.78 is 33.9. The van der Waals surface area contributed by atoms with Gasteiger partial charge >= 0.3 is 6.61 Å². The monoisotopic (exact) mass is 509 g/mol. The van der Waals surface area contributed by atoms with Gasteiger partial charge in [-0.25, -0.2) is 0 Å². The third-order valence-corrected chi connectivity index (χ3v) is 7.13. The summed E-state index contributed by atoms with van der Waals surface area (Å²) in [6, 6.07) is 8.21. The van der Waals surface area contributed by atoms with Gasteiger partial charge in [-0.05, 0) is 54.7 Å². The Morgan fingerprint density at radius 1 is 1.14 bits per heavy atom. The Balaban J connectivity index is 1.69. The van der Waals surface area contributed by atoms with E-state index < -0.39 is 29.0 Å². The molecule has 0 radical (unpaired) electrons. The van der Waals surface area contributed by atoms with Crippen LogP contribution in [-0.4, -0.2) is 28.0 Å². The largest absolute Gasteiger partial charge is 0.545 e. The molecule has 1 saturated carbocycles. The van der Waals surface area contributed by atoms with Gasteiger partial charge in [0.1, 0.15) is 0 Å². The molecule has 37 heavy (non-hydrogen) atoms. The first-order valence-corrected chi connectivity index (χ1v) is 12.2. The van der Waals surface area contributed by atoms with Crippen molar-refractivity contribution < 1.29 is 28.2 Å². The number of aromatic carboxylic acids is 1. The van der Waals surface area contributed by atoms with Crippen LogP contribution in [0.4, 0.5) is 8.78 Å². The maximum absolute atomic E-state index is 13.7. The van der Waals surface area contributed by atoms with Crippen molar-refractivity contribution >= 4 is 22.8 Å². The number of carbonyl (C=O) groups excluding carboxylic acids is 2. The molecule has 5 rings (SSSR count). The molecule has 3 aromatic rings. The number of carbonyl (C=O) groups is 2. The Kier molecular flexibility index (Phi) is 5.84. The first-order valence-electron chi connectivity index (χ1n) is 12.2. The fourth-order valence-corrected chi connectivity index (χ4v) is 5.12. The highest BCUT2D eigenvalue weighted by Gasteiger charge is 2.36. The van der Waals surface area contributed by atoms with Crippen LogP contribution in [0, 0.1) is 5.41 Å². The van der Waals surface area contributed by atoms with Gasteiger partial charge in [0, 0.05) is 29.8 Å². The molecular formula is C28H27F2N2O5-. The zero-order chi connectivity index (χ0) is 26.8. The Hall–Kier alpha value is -3.75. The van der Waals surface area contributed by atoms with Crippen LogP contribution in [-0.2, 0) is 11.3 Å². The molecule has 9 heteroatoms. The molecule has 2 heterocycles. The van der Waals surface area contributed by atoms with E-state index in [2.05, 4.69) is 0 Å². The summed E-state index contributed by atoms with van der Waals surface area (Å²) in [4.78, 5) is 39.3. The van der Waals surface area contributed by atoms with Crippen LogP contribution >= 0.6 is 0 Å². The molecule has 1 atom stereocenters. The van der Waals surface area contributed by atoms with E-state index in [9.17, 15) is 28.3 Å². The number of aromatic nitrogens is 1. The number of carboxylic acid groups (broad SMARTS) is 1. The third-order valence-electron chi connectivity index (χ3n) is 7.13. The Labute approximate surface area is 212 Å². The maximum atomic E-state index is 13.7. The molecule has 0 N–H and O–H groups in total. The first kappa shape index (κ1) is 24.9. The second kappa shape index (κ2) is 8.68. The minimum absolute atomic E-state index is 0.0161. The average molecular weight is 510 g/mol. The zero-order valence-corrected chi connectivity index (χ0v) is 21.0. The second-order valence-corrected chi connectivity index (χ2v) is 10.8. The van der Waals surface area contributed by atoms with Gasteiger partial charge in [0.05, 0.1) is 28.5 Å².